The minimum atomic E-state index is -0.616. The Kier molecular flexibility index (Phi) is 3.84. The summed E-state index contributed by atoms with van der Waals surface area (Å²) in [5.41, 5.74) is 0.963. The Bertz CT molecular complexity index is 531. The topological polar surface area (TPSA) is 46.6 Å². The molecule has 0 spiro atoms. The van der Waals surface area contributed by atoms with Gasteiger partial charge in [0.2, 0.25) is 5.91 Å². The maximum atomic E-state index is 12.5. The first-order valence-electron chi connectivity index (χ1n) is 7.01. The van der Waals surface area contributed by atoms with Crippen LogP contribution < -0.4 is 4.90 Å². The van der Waals surface area contributed by atoms with E-state index in [1.165, 1.54) is 4.90 Å². The molecule has 4 nitrogen and oxygen atoms in total. The van der Waals surface area contributed by atoms with Crippen molar-refractivity contribution in [1.29, 1.82) is 0 Å². The van der Waals surface area contributed by atoms with Gasteiger partial charge in [-0.05, 0) is 38.8 Å². The number of benzene rings is 1. The number of carbonyl (C=O) groups excluding carboxylic acids is 2. The van der Waals surface area contributed by atoms with E-state index in [1.807, 2.05) is 25.1 Å². The molecule has 0 bridgehead atoms. The molecular weight excluding hydrogens is 254 g/mol. The first-order valence-corrected chi connectivity index (χ1v) is 7.01. The first-order chi connectivity index (χ1) is 9.35. The number of nitrogens with zero attached hydrogens (tertiary/aromatic N) is 1. The standard InChI is InChI=1S/C16H21NO3/c1-5-8-12-11-9-6-7-10-13(11)17(14(12)18)15(19)20-16(2,3)4/h6-7,9-10,12H,5,8H2,1-4H3. The van der Waals surface area contributed by atoms with Crippen LogP contribution in [-0.2, 0) is 9.53 Å². The zero-order valence-electron chi connectivity index (χ0n) is 12.5. The van der Waals surface area contributed by atoms with Gasteiger partial charge < -0.3 is 4.74 Å². The fourth-order valence-corrected chi connectivity index (χ4v) is 2.46. The number of imide groups is 1. The average molecular weight is 275 g/mol. The molecule has 1 aliphatic heterocycles. The van der Waals surface area contributed by atoms with Gasteiger partial charge in [0, 0.05) is 0 Å². The van der Waals surface area contributed by atoms with Crippen LogP contribution in [-0.4, -0.2) is 17.6 Å². The molecule has 1 atom stereocenters. The van der Waals surface area contributed by atoms with Crippen molar-refractivity contribution >= 4 is 17.7 Å². The molecule has 0 aromatic heterocycles. The number of para-hydroxylation sites is 1. The molecule has 0 fully saturated rings. The highest BCUT2D eigenvalue weighted by Gasteiger charge is 2.41. The van der Waals surface area contributed by atoms with E-state index in [0.717, 1.165) is 18.4 Å². The summed E-state index contributed by atoms with van der Waals surface area (Å²) in [5.74, 6) is -0.411. The van der Waals surface area contributed by atoms with E-state index >= 15 is 0 Å². The Balaban J connectivity index is 2.35. The summed E-state index contributed by atoms with van der Waals surface area (Å²) in [7, 11) is 0. The van der Waals surface area contributed by atoms with Crippen molar-refractivity contribution in [2.75, 3.05) is 4.90 Å². The van der Waals surface area contributed by atoms with Gasteiger partial charge in [-0.3, -0.25) is 4.79 Å². The second-order valence-electron chi connectivity index (χ2n) is 6.05. The highest BCUT2D eigenvalue weighted by Crippen LogP contribution is 2.40. The molecule has 4 heteroatoms. The number of rotatable bonds is 2. The molecule has 0 aliphatic carbocycles. The van der Waals surface area contributed by atoms with Gasteiger partial charge in [0.25, 0.3) is 0 Å². The minimum absolute atomic E-state index is 0.178. The van der Waals surface area contributed by atoms with Gasteiger partial charge in [-0.25, -0.2) is 9.69 Å². The van der Waals surface area contributed by atoms with Crippen LogP contribution >= 0.6 is 0 Å². The van der Waals surface area contributed by atoms with Crippen LogP contribution in [0, 0.1) is 0 Å². The van der Waals surface area contributed by atoms with E-state index in [1.54, 1.807) is 26.8 Å². The van der Waals surface area contributed by atoms with Gasteiger partial charge in [-0.1, -0.05) is 31.5 Å². The van der Waals surface area contributed by atoms with Gasteiger partial charge in [-0.15, -0.1) is 0 Å². The fourth-order valence-electron chi connectivity index (χ4n) is 2.46. The van der Waals surface area contributed by atoms with Crippen molar-refractivity contribution in [2.24, 2.45) is 0 Å². The van der Waals surface area contributed by atoms with Gasteiger partial charge in [0.1, 0.15) is 5.60 Å². The second-order valence-corrected chi connectivity index (χ2v) is 6.05. The van der Waals surface area contributed by atoms with Crippen LogP contribution in [0.2, 0.25) is 0 Å². The average Bonchev–Trinajstić information content (AvgIpc) is 2.61. The second kappa shape index (κ2) is 5.27. The fraction of sp³-hybridized carbons (Fsp3) is 0.500. The molecule has 108 valence electrons. The quantitative estimate of drug-likeness (QED) is 0.823. The van der Waals surface area contributed by atoms with Crippen molar-refractivity contribution in [2.45, 2.75) is 52.1 Å². The predicted molar refractivity (Wildman–Crippen MR) is 77.8 cm³/mol. The van der Waals surface area contributed by atoms with E-state index in [-0.39, 0.29) is 11.8 Å². The Hall–Kier alpha value is -1.84. The molecule has 2 amide bonds. The molecule has 1 aromatic carbocycles. The summed E-state index contributed by atoms with van der Waals surface area (Å²) in [6, 6.07) is 7.44. The minimum Gasteiger partial charge on any atom is -0.443 e. The van der Waals surface area contributed by atoms with Crippen molar-refractivity contribution < 1.29 is 14.3 Å². The summed E-state index contributed by atoms with van der Waals surface area (Å²) >= 11 is 0. The van der Waals surface area contributed by atoms with Gasteiger partial charge in [0.05, 0.1) is 11.6 Å². The molecule has 0 N–H and O–H groups in total. The lowest BCUT2D eigenvalue weighted by atomic mass is 9.96. The Labute approximate surface area is 119 Å². The number of hydrogen-bond donors (Lipinski definition) is 0. The number of amides is 2. The third-order valence-corrected chi connectivity index (χ3v) is 3.22. The Morgan fingerprint density at radius 2 is 1.95 bits per heavy atom. The number of fused-ring (bicyclic) bond motifs is 1. The van der Waals surface area contributed by atoms with E-state index in [2.05, 4.69) is 0 Å². The largest absolute Gasteiger partial charge is 0.443 e. The van der Waals surface area contributed by atoms with Crippen LogP contribution in [0.15, 0.2) is 24.3 Å². The highest BCUT2D eigenvalue weighted by atomic mass is 16.6. The van der Waals surface area contributed by atoms with Crippen LogP contribution in [0.5, 0.6) is 0 Å². The third kappa shape index (κ3) is 2.69. The number of carbonyl (C=O) groups is 2. The monoisotopic (exact) mass is 275 g/mol. The highest BCUT2D eigenvalue weighted by molar-refractivity contribution is 6.19. The van der Waals surface area contributed by atoms with Crippen molar-refractivity contribution in [3.05, 3.63) is 29.8 Å². The van der Waals surface area contributed by atoms with E-state index < -0.39 is 11.7 Å². The number of ether oxygens (including phenoxy) is 1. The van der Waals surface area contributed by atoms with Crippen LogP contribution in [0.4, 0.5) is 10.5 Å². The first kappa shape index (κ1) is 14.6. The summed E-state index contributed by atoms with van der Waals surface area (Å²) in [4.78, 5) is 26.0. The van der Waals surface area contributed by atoms with Crippen molar-refractivity contribution in [1.82, 2.24) is 0 Å². The third-order valence-electron chi connectivity index (χ3n) is 3.22. The Morgan fingerprint density at radius 3 is 2.55 bits per heavy atom. The van der Waals surface area contributed by atoms with E-state index in [9.17, 15) is 9.59 Å². The molecule has 0 saturated carbocycles. The summed E-state index contributed by atoms with van der Waals surface area (Å²) in [5, 5.41) is 0. The molecule has 2 rings (SSSR count). The molecule has 20 heavy (non-hydrogen) atoms. The van der Waals surface area contributed by atoms with Crippen LogP contribution in [0.1, 0.15) is 52.0 Å². The van der Waals surface area contributed by atoms with Crippen molar-refractivity contribution in [3.8, 4) is 0 Å². The number of anilines is 1. The molecule has 1 aromatic rings. The van der Waals surface area contributed by atoms with Gasteiger partial charge >= 0.3 is 6.09 Å². The van der Waals surface area contributed by atoms with Crippen LogP contribution in [0.3, 0.4) is 0 Å². The smallest absolute Gasteiger partial charge is 0.421 e. The van der Waals surface area contributed by atoms with Crippen LogP contribution in [0.25, 0.3) is 0 Å². The molecule has 1 heterocycles. The molecular formula is C16H21NO3. The van der Waals surface area contributed by atoms with E-state index in [0.29, 0.717) is 5.69 Å². The normalized spacial score (nSPS) is 18.1. The zero-order valence-corrected chi connectivity index (χ0v) is 12.5. The Morgan fingerprint density at radius 1 is 1.30 bits per heavy atom. The summed E-state index contributed by atoms with van der Waals surface area (Å²) < 4.78 is 5.34. The lowest BCUT2D eigenvalue weighted by Gasteiger charge is -2.24. The van der Waals surface area contributed by atoms with Gasteiger partial charge in [0.15, 0.2) is 0 Å². The molecule has 1 unspecified atom stereocenters. The maximum Gasteiger partial charge on any atom is 0.421 e. The summed E-state index contributed by atoms with van der Waals surface area (Å²) in [6.45, 7) is 7.41. The SMILES string of the molecule is CCCC1C(=O)N(C(=O)OC(C)(C)C)c2ccccc21. The summed E-state index contributed by atoms with van der Waals surface area (Å²) in [6.07, 6.45) is 1.05. The number of hydrogen-bond acceptors (Lipinski definition) is 3. The molecule has 1 aliphatic rings. The maximum absolute atomic E-state index is 12.5. The van der Waals surface area contributed by atoms with E-state index in [4.69, 9.17) is 4.74 Å². The molecule has 0 radical (unpaired) electrons. The van der Waals surface area contributed by atoms with Gasteiger partial charge in [-0.2, -0.15) is 0 Å². The van der Waals surface area contributed by atoms with Crippen molar-refractivity contribution in [3.63, 3.8) is 0 Å². The lowest BCUT2D eigenvalue weighted by molar-refractivity contribution is -0.119. The zero-order chi connectivity index (χ0) is 14.9. The molecule has 0 saturated heterocycles. The lowest BCUT2D eigenvalue weighted by Crippen LogP contribution is -2.39. The predicted octanol–water partition coefficient (Wildman–Crippen LogP) is 3.85.